The summed E-state index contributed by atoms with van der Waals surface area (Å²) in [5.74, 6) is -0.130. The van der Waals surface area contributed by atoms with Crippen LogP contribution in [0.1, 0.15) is 57.1 Å². The fraction of sp³-hybridized carbons (Fsp3) is 0.667. The summed E-state index contributed by atoms with van der Waals surface area (Å²) in [6.07, 6.45) is 7.71. The topological polar surface area (TPSA) is 12.0 Å². The van der Waals surface area contributed by atoms with Crippen LogP contribution in [0.15, 0.2) is 18.2 Å². The van der Waals surface area contributed by atoms with Crippen LogP contribution < -0.4 is 5.32 Å². The van der Waals surface area contributed by atoms with Crippen LogP contribution >= 0.6 is 0 Å². The van der Waals surface area contributed by atoms with E-state index < -0.39 is 0 Å². The van der Waals surface area contributed by atoms with Crippen molar-refractivity contribution in [2.45, 2.75) is 65.3 Å². The molecular weight excluding hydrogens is 249 g/mol. The van der Waals surface area contributed by atoms with Crippen molar-refractivity contribution in [3.05, 3.63) is 35.1 Å². The summed E-state index contributed by atoms with van der Waals surface area (Å²) in [4.78, 5) is 0. The molecule has 1 aliphatic carbocycles. The number of rotatable bonds is 5. The SMILES string of the molecule is CCNC(Cc1ccc(F)cc1C)C1(C)CCCCC1. The summed E-state index contributed by atoms with van der Waals surface area (Å²) in [5, 5.41) is 3.69. The molecular formula is C18H28FN. The van der Waals surface area contributed by atoms with Crippen LogP contribution in [0.5, 0.6) is 0 Å². The summed E-state index contributed by atoms with van der Waals surface area (Å²) in [6, 6.07) is 5.70. The second kappa shape index (κ2) is 6.71. The summed E-state index contributed by atoms with van der Waals surface area (Å²) in [6.45, 7) is 7.63. The number of hydrogen-bond acceptors (Lipinski definition) is 1. The lowest BCUT2D eigenvalue weighted by Gasteiger charge is -2.41. The van der Waals surface area contributed by atoms with E-state index in [-0.39, 0.29) is 5.82 Å². The summed E-state index contributed by atoms with van der Waals surface area (Å²) >= 11 is 0. The van der Waals surface area contributed by atoms with Crippen LogP contribution in [0.25, 0.3) is 0 Å². The Morgan fingerprint density at radius 3 is 2.55 bits per heavy atom. The largest absolute Gasteiger partial charge is 0.313 e. The van der Waals surface area contributed by atoms with Crippen molar-refractivity contribution in [2.24, 2.45) is 5.41 Å². The molecule has 0 bridgehead atoms. The lowest BCUT2D eigenvalue weighted by Crippen LogP contribution is -2.46. The third-order valence-electron chi connectivity index (χ3n) is 5.02. The Morgan fingerprint density at radius 2 is 1.95 bits per heavy atom. The molecule has 0 aromatic heterocycles. The molecule has 1 unspecified atom stereocenters. The maximum atomic E-state index is 13.2. The van der Waals surface area contributed by atoms with Gasteiger partial charge in [0.05, 0.1) is 0 Å². The molecule has 112 valence electrons. The van der Waals surface area contributed by atoms with Gasteiger partial charge in [0.2, 0.25) is 0 Å². The number of likely N-dealkylation sites (N-methyl/N-ethyl adjacent to an activating group) is 1. The molecule has 1 saturated carbocycles. The highest BCUT2D eigenvalue weighted by atomic mass is 19.1. The Kier molecular flexibility index (Phi) is 5.20. The molecule has 1 aromatic carbocycles. The highest BCUT2D eigenvalue weighted by Gasteiger charge is 2.35. The molecule has 0 heterocycles. The highest BCUT2D eigenvalue weighted by molar-refractivity contribution is 5.27. The van der Waals surface area contributed by atoms with E-state index in [9.17, 15) is 4.39 Å². The number of aryl methyl sites for hydroxylation is 1. The first-order valence-electron chi connectivity index (χ1n) is 8.03. The zero-order valence-electron chi connectivity index (χ0n) is 13.1. The van der Waals surface area contributed by atoms with Gasteiger partial charge in [-0.1, -0.05) is 39.2 Å². The quantitative estimate of drug-likeness (QED) is 0.827. The normalized spacial score (nSPS) is 19.8. The van der Waals surface area contributed by atoms with Crippen LogP contribution in [0, 0.1) is 18.2 Å². The van der Waals surface area contributed by atoms with Gasteiger partial charge in [0.15, 0.2) is 0 Å². The maximum absolute atomic E-state index is 13.2. The van der Waals surface area contributed by atoms with E-state index in [4.69, 9.17) is 0 Å². The second-order valence-corrected chi connectivity index (χ2v) is 6.60. The minimum Gasteiger partial charge on any atom is -0.313 e. The van der Waals surface area contributed by atoms with E-state index in [1.807, 2.05) is 13.0 Å². The minimum atomic E-state index is -0.130. The first-order chi connectivity index (χ1) is 9.55. The molecule has 0 saturated heterocycles. The Hall–Kier alpha value is -0.890. The number of hydrogen-bond donors (Lipinski definition) is 1. The van der Waals surface area contributed by atoms with E-state index in [1.54, 1.807) is 12.1 Å². The number of benzene rings is 1. The highest BCUT2D eigenvalue weighted by Crippen LogP contribution is 2.40. The molecule has 1 aromatic rings. The number of nitrogens with one attached hydrogen (secondary N) is 1. The lowest BCUT2D eigenvalue weighted by atomic mass is 9.69. The molecule has 2 heteroatoms. The van der Waals surface area contributed by atoms with Crippen LogP contribution in [-0.2, 0) is 6.42 Å². The van der Waals surface area contributed by atoms with Crippen molar-refractivity contribution < 1.29 is 4.39 Å². The van der Waals surface area contributed by atoms with Gasteiger partial charge >= 0.3 is 0 Å². The van der Waals surface area contributed by atoms with E-state index >= 15 is 0 Å². The van der Waals surface area contributed by atoms with Gasteiger partial charge in [0.1, 0.15) is 5.82 Å². The van der Waals surface area contributed by atoms with Gasteiger partial charge in [-0.25, -0.2) is 4.39 Å². The van der Waals surface area contributed by atoms with E-state index in [0.29, 0.717) is 11.5 Å². The molecule has 1 aliphatic rings. The first-order valence-corrected chi connectivity index (χ1v) is 8.03. The van der Waals surface area contributed by atoms with Gasteiger partial charge in [0.25, 0.3) is 0 Å². The predicted octanol–water partition coefficient (Wildman–Crippen LogP) is 4.63. The molecule has 1 atom stereocenters. The van der Waals surface area contributed by atoms with Gasteiger partial charge in [-0.3, -0.25) is 0 Å². The first kappa shape index (κ1) is 15.5. The Labute approximate surface area is 123 Å². The van der Waals surface area contributed by atoms with Crippen molar-refractivity contribution in [1.82, 2.24) is 5.32 Å². The molecule has 1 N–H and O–H groups in total. The van der Waals surface area contributed by atoms with Crippen LogP contribution in [0.2, 0.25) is 0 Å². The molecule has 0 aliphatic heterocycles. The van der Waals surface area contributed by atoms with Crippen LogP contribution in [-0.4, -0.2) is 12.6 Å². The number of halogens is 1. The summed E-state index contributed by atoms with van der Waals surface area (Å²) in [7, 11) is 0. The van der Waals surface area contributed by atoms with Crippen molar-refractivity contribution in [3.63, 3.8) is 0 Å². The van der Waals surface area contributed by atoms with E-state index in [1.165, 1.54) is 37.7 Å². The van der Waals surface area contributed by atoms with Gasteiger partial charge < -0.3 is 5.32 Å². The van der Waals surface area contributed by atoms with Crippen LogP contribution in [0.3, 0.4) is 0 Å². The molecule has 20 heavy (non-hydrogen) atoms. The summed E-state index contributed by atoms with van der Waals surface area (Å²) < 4.78 is 13.2. The third-order valence-corrected chi connectivity index (χ3v) is 5.02. The second-order valence-electron chi connectivity index (χ2n) is 6.60. The fourth-order valence-electron chi connectivity index (χ4n) is 3.63. The summed E-state index contributed by atoms with van der Waals surface area (Å²) in [5.41, 5.74) is 2.74. The van der Waals surface area contributed by atoms with Gasteiger partial charge in [-0.15, -0.1) is 0 Å². The average Bonchev–Trinajstić information content (AvgIpc) is 2.42. The minimum absolute atomic E-state index is 0.130. The van der Waals surface area contributed by atoms with Crippen LogP contribution in [0.4, 0.5) is 4.39 Å². The van der Waals surface area contributed by atoms with Gasteiger partial charge in [-0.05, 0) is 61.4 Å². The van der Waals surface area contributed by atoms with Crippen molar-refractivity contribution in [2.75, 3.05) is 6.54 Å². The van der Waals surface area contributed by atoms with Crippen molar-refractivity contribution in [3.8, 4) is 0 Å². The van der Waals surface area contributed by atoms with Crippen molar-refractivity contribution >= 4 is 0 Å². The predicted molar refractivity (Wildman–Crippen MR) is 83.5 cm³/mol. The maximum Gasteiger partial charge on any atom is 0.123 e. The standard InChI is InChI=1S/C18H28FN/c1-4-20-17(18(3)10-6-5-7-11-18)13-15-8-9-16(19)12-14(15)2/h8-9,12,17,20H,4-7,10-11,13H2,1-3H3. The molecule has 1 fully saturated rings. The van der Waals surface area contributed by atoms with E-state index in [0.717, 1.165) is 18.5 Å². The molecule has 0 radical (unpaired) electrons. The average molecular weight is 277 g/mol. The smallest absolute Gasteiger partial charge is 0.123 e. The van der Waals surface area contributed by atoms with Gasteiger partial charge in [0, 0.05) is 6.04 Å². The molecule has 2 rings (SSSR count). The molecule has 1 nitrogen and oxygen atoms in total. The zero-order chi connectivity index (χ0) is 14.6. The molecule has 0 amide bonds. The Bertz CT molecular complexity index is 435. The Morgan fingerprint density at radius 1 is 1.25 bits per heavy atom. The Balaban J connectivity index is 2.16. The van der Waals surface area contributed by atoms with Gasteiger partial charge in [-0.2, -0.15) is 0 Å². The molecule has 0 spiro atoms. The monoisotopic (exact) mass is 277 g/mol. The third kappa shape index (κ3) is 3.60. The van der Waals surface area contributed by atoms with E-state index in [2.05, 4.69) is 19.2 Å². The zero-order valence-corrected chi connectivity index (χ0v) is 13.1. The van der Waals surface area contributed by atoms with Crippen molar-refractivity contribution in [1.29, 1.82) is 0 Å². The fourth-order valence-corrected chi connectivity index (χ4v) is 3.63. The lowest BCUT2D eigenvalue weighted by molar-refractivity contribution is 0.144.